The minimum atomic E-state index is -0.883. The third-order valence-electron chi connectivity index (χ3n) is 1.75. The summed E-state index contributed by atoms with van der Waals surface area (Å²) in [5.74, 6) is 0.0308. The molecular formula is C9H19N3O2S. The molecule has 0 rings (SSSR count). The van der Waals surface area contributed by atoms with E-state index >= 15 is 0 Å². The Balaban J connectivity index is 3.82. The highest BCUT2D eigenvalue weighted by Crippen LogP contribution is 2.04. The lowest BCUT2D eigenvalue weighted by molar-refractivity contribution is -0.138. The van der Waals surface area contributed by atoms with Crippen molar-refractivity contribution in [2.75, 3.05) is 12.3 Å². The Labute approximate surface area is 94.7 Å². The zero-order valence-electron chi connectivity index (χ0n) is 8.98. The van der Waals surface area contributed by atoms with Crippen molar-refractivity contribution in [2.45, 2.75) is 32.2 Å². The number of nitrogens with zero attached hydrogens (tertiary/aromatic N) is 1. The number of nitrogens with one attached hydrogen (secondary N) is 1. The van der Waals surface area contributed by atoms with Crippen molar-refractivity contribution < 1.29 is 9.90 Å². The van der Waals surface area contributed by atoms with Crippen LogP contribution in [0.15, 0.2) is 4.99 Å². The molecule has 0 bridgehead atoms. The number of carbonyl (C=O) groups is 1. The van der Waals surface area contributed by atoms with Crippen LogP contribution in [0.3, 0.4) is 0 Å². The van der Waals surface area contributed by atoms with Gasteiger partial charge in [-0.3, -0.25) is 4.99 Å². The summed E-state index contributed by atoms with van der Waals surface area (Å²) < 4.78 is 2.85. The van der Waals surface area contributed by atoms with Gasteiger partial charge in [0.2, 0.25) is 0 Å². The second kappa shape index (κ2) is 9.79. The molecule has 0 fully saturated rings. The summed E-state index contributed by atoms with van der Waals surface area (Å²) >= 11 is 1.48. The van der Waals surface area contributed by atoms with Gasteiger partial charge in [-0.1, -0.05) is 18.9 Å². The quantitative estimate of drug-likeness (QED) is 0.238. The van der Waals surface area contributed by atoms with E-state index in [1.54, 1.807) is 0 Å². The first kappa shape index (κ1) is 14.2. The molecule has 0 unspecified atom stereocenters. The van der Waals surface area contributed by atoms with Crippen molar-refractivity contribution in [3.8, 4) is 0 Å². The molecule has 0 spiro atoms. The van der Waals surface area contributed by atoms with E-state index < -0.39 is 12.0 Å². The molecule has 5 nitrogen and oxygen atoms in total. The van der Waals surface area contributed by atoms with Crippen LogP contribution in [0.25, 0.3) is 0 Å². The van der Waals surface area contributed by atoms with Gasteiger partial charge in [0.05, 0.1) is 6.34 Å². The van der Waals surface area contributed by atoms with E-state index in [2.05, 4.69) is 9.71 Å². The zero-order chi connectivity index (χ0) is 11.5. The fraction of sp³-hybridized carbons (Fsp3) is 0.778. The molecule has 0 aliphatic rings. The van der Waals surface area contributed by atoms with Crippen molar-refractivity contribution in [2.24, 2.45) is 10.7 Å². The third kappa shape index (κ3) is 8.26. The molecule has 6 heteroatoms. The Kier molecular flexibility index (Phi) is 9.30. The summed E-state index contributed by atoms with van der Waals surface area (Å²) in [6.45, 7) is 2.60. The molecule has 1 atom stereocenters. The Morgan fingerprint density at radius 3 is 2.93 bits per heavy atom. The summed E-state index contributed by atoms with van der Waals surface area (Å²) in [5.41, 5.74) is 5.33. The number of hydrogen-bond acceptors (Lipinski definition) is 4. The standard InChI is InChI=1S/C9H19N3O2S/c1-2-15-12-7-11-8(9(13)14)5-3-4-6-10/h7-8H,2-6,10H2,1H3,(H,11,12)(H,13,14)/t8-/m1/s1. The molecule has 4 N–H and O–H groups in total. The molecule has 0 aliphatic carbocycles. The molecular weight excluding hydrogens is 214 g/mol. The molecule has 0 aromatic heterocycles. The smallest absolute Gasteiger partial charge is 0.328 e. The Hall–Kier alpha value is -0.750. The molecule has 0 heterocycles. The molecule has 0 aromatic carbocycles. The van der Waals surface area contributed by atoms with E-state index in [9.17, 15) is 4.79 Å². The number of aliphatic imine (C=N–C) groups is 1. The van der Waals surface area contributed by atoms with Gasteiger partial charge in [-0.2, -0.15) is 0 Å². The summed E-state index contributed by atoms with van der Waals surface area (Å²) in [6.07, 6.45) is 3.64. The van der Waals surface area contributed by atoms with Gasteiger partial charge in [-0.05, 0) is 25.8 Å². The number of rotatable bonds is 9. The maximum absolute atomic E-state index is 10.8. The number of hydrogen-bond donors (Lipinski definition) is 3. The van der Waals surface area contributed by atoms with Gasteiger partial charge in [0.1, 0.15) is 6.04 Å². The molecule has 0 aromatic rings. The van der Waals surface area contributed by atoms with Crippen LogP contribution in [0.4, 0.5) is 0 Å². The lowest BCUT2D eigenvalue weighted by atomic mass is 10.1. The molecule has 0 aliphatic heterocycles. The summed E-state index contributed by atoms with van der Waals surface area (Å²) in [5, 5.41) is 8.85. The van der Waals surface area contributed by atoms with E-state index in [4.69, 9.17) is 10.8 Å². The average molecular weight is 233 g/mol. The van der Waals surface area contributed by atoms with Gasteiger partial charge < -0.3 is 15.6 Å². The molecule has 0 radical (unpaired) electrons. The van der Waals surface area contributed by atoms with Gasteiger partial charge in [-0.25, -0.2) is 4.79 Å². The fourth-order valence-electron chi connectivity index (χ4n) is 0.985. The normalized spacial score (nSPS) is 12.9. The van der Waals surface area contributed by atoms with Crippen LogP contribution < -0.4 is 10.5 Å². The van der Waals surface area contributed by atoms with Crippen molar-refractivity contribution in [1.82, 2.24) is 4.72 Å². The first-order valence-corrected chi connectivity index (χ1v) is 6.02. The van der Waals surface area contributed by atoms with Crippen molar-refractivity contribution in [3.05, 3.63) is 0 Å². The van der Waals surface area contributed by atoms with Crippen LogP contribution in [-0.4, -0.2) is 35.8 Å². The number of carboxylic acids is 1. The number of carboxylic acid groups (broad SMARTS) is 1. The highest BCUT2D eigenvalue weighted by atomic mass is 32.2. The second-order valence-electron chi connectivity index (χ2n) is 2.97. The zero-order valence-corrected chi connectivity index (χ0v) is 9.80. The first-order valence-electron chi connectivity index (χ1n) is 5.04. The maximum atomic E-state index is 10.8. The van der Waals surface area contributed by atoms with Gasteiger partial charge in [0.25, 0.3) is 0 Å². The van der Waals surface area contributed by atoms with E-state index in [1.807, 2.05) is 6.92 Å². The van der Waals surface area contributed by atoms with E-state index in [0.717, 1.165) is 18.6 Å². The van der Waals surface area contributed by atoms with Crippen LogP contribution >= 0.6 is 11.9 Å². The van der Waals surface area contributed by atoms with E-state index in [1.165, 1.54) is 18.3 Å². The van der Waals surface area contributed by atoms with E-state index in [0.29, 0.717) is 13.0 Å². The van der Waals surface area contributed by atoms with Gasteiger partial charge >= 0.3 is 5.97 Å². The first-order chi connectivity index (χ1) is 7.22. The molecule has 0 saturated carbocycles. The SMILES string of the molecule is CCSNC=N[C@H](CCCCN)C(=O)O. The minimum absolute atomic E-state index is 0.543. The minimum Gasteiger partial charge on any atom is -0.480 e. The molecule has 15 heavy (non-hydrogen) atoms. The van der Waals surface area contributed by atoms with Crippen LogP contribution in [0.5, 0.6) is 0 Å². The number of nitrogens with two attached hydrogens (primary N) is 1. The Bertz CT molecular complexity index is 200. The lowest BCUT2D eigenvalue weighted by Crippen LogP contribution is -2.19. The predicted octanol–water partition coefficient (Wildman–Crippen LogP) is 0.855. The molecule has 0 amide bonds. The highest BCUT2D eigenvalue weighted by Gasteiger charge is 2.13. The third-order valence-corrected chi connectivity index (χ3v) is 2.31. The van der Waals surface area contributed by atoms with Gasteiger partial charge in [0, 0.05) is 5.75 Å². The lowest BCUT2D eigenvalue weighted by Gasteiger charge is -2.06. The van der Waals surface area contributed by atoms with Gasteiger partial charge in [-0.15, -0.1) is 0 Å². The van der Waals surface area contributed by atoms with Crippen molar-refractivity contribution >= 4 is 24.3 Å². The van der Waals surface area contributed by atoms with Crippen molar-refractivity contribution in [1.29, 1.82) is 0 Å². The number of aliphatic carboxylic acids is 1. The predicted molar refractivity (Wildman–Crippen MR) is 64.1 cm³/mol. The summed E-state index contributed by atoms with van der Waals surface area (Å²) in [4.78, 5) is 14.7. The summed E-state index contributed by atoms with van der Waals surface area (Å²) in [6, 6.07) is -0.651. The monoisotopic (exact) mass is 233 g/mol. The van der Waals surface area contributed by atoms with Crippen molar-refractivity contribution in [3.63, 3.8) is 0 Å². The Morgan fingerprint density at radius 1 is 1.67 bits per heavy atom. The summed E-state index contributed by atoms with van der Waals surface area (Å²) in [7, 11) is 0. The number of unbranched alkanes of at least 4 members (excludes halogenated alkanes) is 1. The van der Waals surface area contributed by atoms with Gasteiger partial charge in [0.15, 0.2) is 0 Å². The van der Waals surface area contributed by atoms with E-state index in [-0.39, 0.29) is 0 Å². The second-order valence-corrected chi connectivity index (χ2v) is 4.07. The fourth-order valence-corrected chi connectivity index (χ4v) is 1.29. The highest BCUT2D eigenvalue weighted by molar-refractivity contribution is 7.97. The van der Waals surface area contributed by atoms with Crippen LogP contribution in [0.1, 0.15) is 26.2 Å². The molecule has 0 saturated heterocycles. The largest absolute Gasteiger partial charge is 0.480 e. The maximum Gasteiger partial charge on any atom is 0.328 e. The average Bonchev–Trinajstić information content (AvgIpc) is 2.21. The molecule has 88 valence electrons. The topological polar surface area (TPSA) is 87.7 Å². The Morgan fingerprint density at radius 2 is 2.40 bits per heavy atom. The van der Waals surface area contributed by atoms with Crippen LogP contribution in [-0.2, 0) is 4.79 Å². The van der Waals surface area contributed by atoms with Crippen LogP contribution in [0, 0.1) is 0 Å². The van der Waals surface area contributed by atoms with Crippen LogP contribution in [0.2, 0.25) is 0 Å².